The third-order valence-electron chi connectivity index (χ3n) is 5.79. The second-order valence-electron chi connectivity index (χ2n) is 8.46. The number of nitrogens with one attached hydrogen (secondary N) is 1. The Balaban J connectivity index is 1.59. The van der Waals surface area contributed by atoms with Gasteiger partial charge in [-0.05, 0) is 57.4 Å². The summed E-state index contributed by atoms with van der Waals surface area (Å²) in [6.07, 6.45) is 0.689. The second-order valence-corrected chi connectivity index (χ2v) is 10.2. The second kappa shape index (κ2) is 9.09. The molecule has 2 N–H and O–H groups in total. The van der Waals surface area contributed by atoms with Crippen LogP contribution in [0.3, 0.4) is 0 Å². The molecular weight excluding hydrogens is 431 g/mol. The van der Waals surface area contributed by atoms with Crippen LogP contribution < -0.4 is 4.72 Å². The zero-order valence-corrected chi connectivity index (χ0v) is 18.8. The molecule has 0 saturated heterocycles. The Hall–Kier alpha value is -2.62. The number of aliphatic hydroxyl groups is 1. The molecule has 0 aliphatic heterocycles. The normalized spacial score (nSPS) is 21.7. The van der Waals surface area contributed by atoms with Gasteiger partial charge in [0.15, 0.2) is 5.82 Å². The fourth-order valence-electron chi connectivity index (χ4n) is 4.10. The molecule has 0 radical (unpaired) electrons. The van der Waals surface area contributed by atoms with Crippen LogP contribution in [0.25, 0.3) is 11.4 Å². The van der Waals surface area contributed by atoms with Crippen molar-refractivity contribution in [2.45, 2.75) is 62.1 Å². The van der Waals surface area contributed by atoms with Crippen molar-refractivity contribution in [2.24, 2.45) is 0 Å². The molecule has 0 bridgehead atoms. The Kier molecular flexibility index (Phi) is 6.41. The SMILES string of the molecule is CC(C)n1nc(-c2ccccc2)nc1[C@H]1CC[C@@H](O)[C@H](NS(=O)(=O)c2ccc(F)cc2)C1. The highest BCUT2D eigenvalue weighted by molar-refractivity contribution is 7.89. The van der Waals surface area contributed by atoms with Crippen molar-refractivity contribution in [1.82, 2.24) is 19.5 Å². The van der Waals surface area contributed by atoms with Gasteiger partial charge in [-0.25, -0.2) is 27.2 Å². The van der Waals surface area contributed by atoms with Crippen LogP contribution in [-0.4, -0.2) is 40.4 Å². The first kappa shape index (κ1) is 22.6. The number of nitrogens with zero attached hydrogens (tertiary/aromatic N) is 3. The van der Waals surface area contributed by atoms with Gasteiger partial charge in [-0.15, -0.1) is 0 Å². The van der Waals surface area contributed by atoms with E-state index in [0.29, 0.717) is 25.1 Å². The van der Waals surface area contributed by atoms with E-state index in [4.69, 9.17) is 10.1 Å². The maximum absolute atomic E-state index is 13.2. The monoisotopic (exact) mass is 458 g/mol. The Morgan fingerprint density at radius 2 is 1.78 bits per heavy atom. The fraction of sp³-hybridized carbons (Fsp3) is 0.391. The van der Waals surface area contributed by atoms with Gasteiger partial charge in [-0.1, -0.05) is 30.3 Å². The Morgan fingerprint density at radius 1 is 1.09 bits per heavy atom. The van der Waals surface area contributed by atoms with Crippen LogP contribution in [0.15, 0.2) is 59.5 Å². The molecule has 9 heteroatoms. The molecule has 3 atom stereocenters. The highest BCUT2D eigenvalue weighted by atomic mass is 32.2. The zero-order chi connectivity index (χ0) is 22.9. The molecule has 7 nitrogen and oxygen atoms in total. The lowest BCUT2D eigenvalue weighted by atomic mass is 9.83. The van der Waals surface area contributed by atoms with Gasteiger partial charge in [-0.3, -0.25) is 0 Å². The minimum atomic E-state index is -3.90. The number of hydrogen-bond donors (Lipinski definition) is 2. The van der Waals surface area contributed by atoms with E-state index in [2.05, 4.69) is 4.72 Å². The third-order valence-corrected chi connectivity index (χ3v) is 7.29. The van der Waals surface area contributed by atoms with E-state index in [-0.39, 0.29) is 16.9 Å². The number of sulfonamides is 1. The number of halogens is 1. The largest absolute Gasteiger partial charge is 0.391 e. The van der Waals surface area contributed by atoms with Crippen LogP contribution in [0.1, 0.15) is 50.9 Å². The maximum Gasteiger partial charge on any atom is 0.240 e. The van der Waals surface area contributed by atoms with Crippen molar-refractivity contribution < 1.29 is 17.9 Å². The minimum Gasteiger partial charge on any atom is -0.391 e. The van der Waals surface area contributed by atoms with Crippen molar-refractivity contribution in [3.63, 3.8) is 0 Å². The van der Waals surface area contributed by atoms with Crippen LogP contribution in [0.4, 0.5) is 4.39 Å². The maximum atomic E-state index is 13.2. The molecule has 0 amide bonds. The van der Waals surface area contributed by atoms with Gasteiger partial charge in [0, 0.05) is 23.6 Å². The molecular formula is C23H27FN4O3S. The molecule has 0 unspecified atom stereocenters. The van der Waals surface area contributed by atoms with Crippen LogP contribution in [0.5, 0.6) is 0 Å². The lowest BCUT2D eigenvalue weighted by Crippen LogP contribution is -2.46. The molecule has 32 heavy (non-hydrogen) atoms. The first-order valence-corrected chi connectivity index (χ1v) is 12.2. The molecule has 4 rings (SSSR count). The Morgan fingerprint density at radius 3 is 2.44 bits per heavy atom. The van der Waals surface area contributed by atoms with E-state index >= 15 is 0 Å². The van der Waals surface area contributed by atoms with Crippen molar-refractivity contribution in [3.8, 4) is 11.4 Å². The molecule has 1 saturated carbocycles. The van der Waals surface area contributed by atoms with Crippen LogP contribution >= 0.6 is 0 Å². The average Bonchev–Trinajstić information content (AvgIpc) is 3.22. The van der Waals surface area contributed by atoms with Gasteiger partial charge < -0.3 is 5.11 Å². The molecule has 1 fully saturated rings. The fourth-order valence-corrected chi connectivity index (χ4v) is 5.38. The van der Waals surface area contributed by atoms with Crippen molar-refractivity contribution in [2.75, 3.05) is 0 Å². The van der Waals surface area contributed by atoms with Gasteiger partial charge in [0.1, 0.15) is 11.6 Å². The topological polar surface area (TPSA) is 97.1 Å². The predicted molar refractivity (Wildman–Crippen MR) is 119 cm³/mol. The quantitative estimate of drug-likeness (QED) is 0.588. The first-order valence-electron chi connectivity index (χ1n) is 10.7. The van der Waals surface area contributed by atoms with E-state index < -0.39 is 28.0 Å². The van der Waals surface area contributed by atoms with Gasteiger partial charge >= 0.3 is 0 Å². The number of rotatable bonds is 6. The zero-order valence-electron chi connectivity index (χ0n) is 18.0. The number of aliphatic hydroxyl groups excluding tert-OH is 1. The highest BCUT2D eigenvalue weighted by Crippen LogP contribution is 2.35. The summed E-state index contributed by atoms with van der Waals surface area (Å²) < 4.78 is 43.3. The summed E-state index contributed by atoms with van der Waals surface area (Å²) in [6, 6.07) is 13.7. The van der Waals surface area contributed by atoms with Gasteiger partial charge in [0.25, 0.3) is 0 Å². The molecule has 170 valence electrons. The standard InChI is InChI=1S/C23H27FN4O3S/c1-15(2)28-23(25-22(26-28)16-6-4-3-5-7-16)17-8-13-21(29)20(14-17)27-32(30,31)19-11-9-18(24)10-12-19/h3-7,9-12,15,17,20-21,27,29H,8,13-14H2,1-2H3/t17-,20+,21+/m0/s1. The summed E-state index contributed by atoms with van der Waals surface area (Å²) in [7, 11) is -3.90. The van der Waals surface area contributed by atoms with Crippen LogP contribution in [-0.2, 0) is 10.0 Å². The molecule has 1 aromatic heterocycles. The summed E-state index contributed by atoms with van der Waals surface area (Å²) in [5.74, 6) is 0.844. The van der Waals surface area contributed by atoms with Gasteiger partial charge in [-0.2, -0.15) is 5.10 Å². The molecule has 3 aromatic rings. The number of benzene rings is 2. The number of hydrogen-bond acceptors (Lipinski definition) is 5. The molecule has 1 aliphatic rings. The van der Waals surface area contributed by atoms with E-state index in [1.165, 1.54) is 12.1 Å². The van der Waals surface area contributed by atoms with Crippen LogP contribution in [0.2, 0.25) is 0 Å². The van der Waals surface area contributed by atoms with E-state index in [0.717, 1.165) is 23.5 Å². The van der Waals surface area contributed by atoms with E-state index in [9.17, 15) is 17.9 Å². The van der Waals surface area contributed by atoms with Crippen molar-refractivity contribution in [3.05, 3.63) is 66.2 Å². The Bertz CT molecular complexity index is 1160. The summed E-state index contributed by atoms with van der Waals surface area (Å²) in [5, 5.41) is 15.2. The molecule has 1 aliphatic carbocycles. The van der Waals surface area contributed by atoms with Crippen molar-refractivity contribution >= 4 is 10.0 Å². The predicted octanol–water partition coefficient (Wildman–Crippen LogP) is 3.64. The van der Waals surface area contributed by atoms with E-state index in [1.807, 2.05) is 48.9 Å². The Labute approximate surface area is 187 Å². The first-order chi connectivity index (χ1) is 15.2. The smallest absolute Gasteiger partial charge is 0.240 e. The van der Waals surface area contributed by atoms with E-state index in [1.54, 1.807) is 0 Å². The lowest BCUT2D eigenvalue weighted by Gasteiger charge is -2.33. The summed E-state index contributed by atoms with van der Waals surface area (Å²) >= 11 is 0. The van der Waals surface area contributed by atoms with Crippen LogP contribution in [0, 0.1) is 5.82 Å². The van der Waals surface area contributed by atoms with Gasteiger partial charge in [0.05, 0.1) is 11.0 Å². The molecule has 2 aromatic carbocycles. The molecule has 0 spiro atoms. The highest BCUT2D eigenvalue weighted by Gasteiger charge is 2.36. The van der Waals surface area contributed by atoms with Gasteiger partial charge in [0.2, 0.25) is 10.0 Å². The summed E-state index contributed by atoms with van der Waals surface area (Å²) in [6.45, 7) is 4.05. The number of aromatic nitrogens is 3. The molecule has 1 heterocycles. The summed E-state index contributed by atoms with van der Waals surface area (Å²) in [5.41, 5.74) is 0.914. The average molecular weight is 459 g/mol. The minimum absolute atomic E-state index is 0.0371. The summed E-state index contributed by atoms with van der Waals surface area (Å²) in [4.78, 5) is 4.76. The third kappa shape index (κ3) is 4.74. The lowest BCUT2D eigenvalue weighted by molar-refractivity contribution is 0.0912. The van der Waals surface area contributed by atoms with Crippen molar-refractivity contribution in [1.29, 1.82) is 0 Å².